The number of thiocarbonyl (C=S) groups is 1. The lowest BCUT2D eigenvalue weighted by Gasteiger charge is -2.29. The topological polar surface area (TPSA) is 67.9 Å². The van der Waals surface area contributed by atoms with E-state index in [0.717, 1.165) is 10.5 Å². The molecule has 1 heterocycles. The number of benzene rings is 3. The highest BCUT2D eigenvalue weighted by molar-refractivity contribution is 9.10. The fourth-order valence-corrected chi connectivity index (χ4v) is 4.97. The molecule has 11 heteroatoms. The molecule has 4 rings (SSSR count). The van der Waals surface area contributed by atoms with E-state index < -0.39 is 11.8 Å². The highest BCUT2D eigenvalue weighted by atomic mass is 79.9. The number of ether oxygens (including phenoxy) is 2. The van der Waals surface area contributed by atoms with Crippen molar-refractivity contribution in [2.75, 3.05) is 11.5 Å². The van der Waals surface area contributed by atoms with Crippen LogP contribution in [0.15, 0.2) is 64.6 Å². The molecule has 0 aromatic heterocycles. The van der Waals surface area contributed by atoms with Crippen LogP contribution in [0.3, 0.4) is 0 Å². The van der Waals surface area contributed by atoms with Crippen molar-refractivity contribution in [1.82, 2.24) is 5.32 Å². The molecule has 0 aliphatic carbocycles. The lowest BCUT2D eigenvalue weighted by molar-refractivity contribution is -0.122. The smallest absolute Gasteiger partial charge is 0.270 e. The quantitative estimate of drug-likeness (QED) is 0.168. The molecule has 0 spiro atoms. The summed E-state index contributed by atoms with van der Waals surface area (Å²) in [5, 5.41) is 3.40. The number of amides is 2. The number of hydrogen-bond acceptors (Lipinski definition) is 5. The van der Waals surface area contributed by atoms with Gasteiger partial charge in [0.1, 0.15) is 12.2 Å². The largest absolute Gasteiger partial charge is 0.490 e. The molecule has 0 radical (unpaired) electrons. The third-order valence-electron chi connectivity index (χ3n) is 5.25. The monoisotopic (exact) mass is 638 g/mol. The maximum absolute atomic E-state index is 13.4. The Morgan fingerprint density at radius 2 is 1.76 bits per heavy atom. The van der Waals surface area contributed by atoms with E-state index in [1.54, 1.807) is 36.4 Å². The zero-order valence-corrected chi connectivity index (χ0v) is 23.9. The summed E-state index contributed by atoms with van der Waals surface area (Å²) in [5.74, 6) is -0.412. The van der Waals surface area contributed by atoms with Crippen molar-refractivity contribution in [3.05, 3.63) is 90.8 Å². The maximum atomic E-state index is 13.4. The second-order valence-electron chi connectivity index (χ2n) is 7.67. The summed E-state index contributed by atoms with van der Waals surface area (Å²) in [4.78, 5) is 27.3. The second kappa shape index (κ2) is 11.8. The van der Waals surface area contributed by atoms with Crippen LogP contribution in [0.4, 0.5) is 5.69 Å². The van der Waals surface area contributed by atoms with Crippen molar-refractivity contribution in [2.24, 2.45) is 0 Å². The molecule has 2 amide bonds. The van der Waals surface area contributed by atoms with Gasteiger partial charge in [0.2, 0.25) is 0 Å². The van der Waals surface area contributed by atoms with Gasteiger partial charge in [-0.1, -0.05) is 59.1 Å². The lowest BCUT2D eigenvalue weighted by atomic mass is 10.1. The average molecular weight is 641 g/mol. The number of anilines is 1. The summed E-state index contributed by atoms with van der Waals surface area (Å²) in [6, 6.07) is 15.5. The van der Waals surface area contributed by atoms with E-state index >= 15 is 0 Å². The Labute approximate surface area is 242 Å². The highest BCUT2D eigenvalue weighted by Crippen LogP contribution is 2.39. The summed E-state index contributed by atoms with van der Waals surface area (Å²) >= 11 is 27.4. The van der Waals surface area contributed by atoms with Crippen LogP contribution in [-0.4, -0.2) is 23.5 Å². The van der Waals surface area contributed by atoms with Crippen LogP contribution in [0.1, 0.15) is 18.1 Å². The lowest BCUT2D eigenvalue weighted by Crippen LogP contribution is -2.54. The van der Waals surface area contributed by atoms with E-state index in [4.69, 9.17) is 56.5 Å². The number of halogens is 4. The van der Waals surface area contributed by atoms with Gasteiger partial charge in [0.05, 0.1) is 26.8 Å². The van der Waals surface area contributed by atoms with Gasteiger partial charge in [0, 0.05) is 10.6 Å². The van der Waals surface area contributed by atoms with E-state index in [9.17, 15) is 9.59 Å². The number of hydrogen-bond donors (Lipinski definition) is 1. The molecular formula is C26H18BrCl3N2O4S. The number of carbonyl (C=O) groups is 2. The molecule has 0 bridgehead atoms. The van der Waals surface area contributed by atoms with Crippen LogP contribution >= 0.6 is 63.0 Å². The minimum absolute atomic E-state index is 0.101. The molecule has 6 nitrogen and oxygen atoms in total. The third kappa shape index (κ3) is 5.94. The van der Waals surface area contributed by atoms with Crippen molar-refractivity contribution < 1.29 is 19.1 Å². The number of carbonyl (C=O) groups excluding carboxylic acids is 2. The Bertz CT molecular complexity index is 1450. The van der Waals surface area contributed by atoms with Gasteiger partial charge in [0.25, 0.3) is 11.8 Å². The molecular weight excluding hydrogens is 623 g/mol. The molecule has 190 valence electrons. The summed E-state index contributed by atoms with van der Waals surface area (Å²) in [7, 11) is 0. The Morgan fingerprint density at radius 1 is 1.03 bits per heavy atom. The second-order valence-corrected chi connectivity index (χ2v) is 10.1. The molecule has 3 aromatic carbocycles. The SMILES string of the molecule is CCOc1cc(/C=C2\C(=O)NC(=S)N(c3cccc(Cl)c3Cl)C2=O)cc(Br)c1OCc1ccccc1Cl. The van der Waals surface area contributed by atoms with Crippen LogP contribution in [0.5, 0.6) is 11.5 Å². The molecule has 0 saturated carbocycles. The summed E-state index contributed by atoms with van der Waals surface area (Å²) in [5.41, 5.74) is 1.44. The average Bonchev–Trinajstić information content (AvgIpc) is 2.85. The first-order valence-electron chi connectivity index (χ1n) is 10.9. The van der Waals surface area contributed by atoms with Crippen LogP contribution in [0.25, 0.3) is 6.08 Å². The first-order chi connectivity index (χ1) is 17.7. The standard InChI is InChI=1S/C26H18BrCl3N2O4S/c1-2-35-21-12-14(11-17(27)23(21)36-13-15-6-3-4-7-18(15)28)10-16-24(33)31-26(37)32(25(16)34)20-9-5-8-19(29)22(20)30/h3-12H,2,13H2,1H3,(H,31,33,37)/b16-10+. The first kappa shape index (κ1) is 27.4. The molecule has 0 atom stereocenters. The first-order valence-corrected chi connectivity index (χ1v) is 13.2. The summed E-state index contributed by atoms with van der Waals surface area (Å²) in [6.07, 6.45) is 1.44. The van der Waals surface area contributed by atoms with Crippen molar-refractivity contribution in [3.8, 4) is 11.5 Å². The van der Waals surface area contributed by atoms with Crippen LogP contribution in [0.2, 0.25) is 15.1 Å². The maximum Gasteiger partial charge on any atom is 0.270 e. The Morgan fingerprint density at radius 3 is 2.49 bits per heavy atom. The van der Waals surface area contributed by atoms with Gasteiger partial charge in [-0.2, -0.15) is 0 Å². The Kier molecular flexibility index (Phi) is 8.77. The van der Waals surface area contributed by atoms with Gasteiger partial charge in [-0.05, 0) is 77.0 Å². The molecule has 1 aliphatic heterocycles. The minimum Gasteiger partial charge on any atom is -0.490 e. The summed E-state index contributed by atoms with van der Waals surface area (Å²) < 4.78 is 12.4. The minimum atomic E-state index is -0.647. The van der Waals surface area contributed by atoms with Crippen molar-refractivity contribution >= 4 is 91.6 Å². The van der Waals surface area contributed by atoms with Gasteiger partial charge in [-0.15, -0.1) is 0 Å². The molecule has 3 aromatic rings. The van der Waals surface area contributed by atoms with E-state index in [2.05, 4.69) is 21.2 Å². The predicted octanol–water partition coefficient (Wildman–Crippen LogP) is 7.22. The summed E-state index contributed by atoms with van der Waals surface area (Å²) in [6.45, 7) is 2.42. The van der Waals surface area contributed by atoms with Crippen molar-refractivity contribution in [3.63, 3.8) is 0 Å². The fourth-order valence-electron chi connectivity index (χ4n) is 3.55. The van der Waals surface area contributed by atoms with Crippen LogP contribution in [0, 0.1) is 0 Å². The Balaban J connectivity index is 1.69. The predicted molar refractivity (Wildman–Crippen MR) is 154 cm³/mol. The zero-order chi connectivity index (χ0) is 26.7. The number of nitrogens with zero attached hydrogens (tertiary/aromatic N) is 1. The molecule has 1 fully saturated rings. The zero-order valence-electron chi connectivity index (χ0n) is 19.2. The molecule has 0 unspecified atom stereocenters. The number of rotatable bonds is 7. The van der Waals surface area contributed by atoms with Gasteiger partial charge in [-0.3, -0.25) is 19.8 Å². The van der Waals surface area contributed by atoms with Crippen LogP contribution < -0.4 is 19.7 Å². The van der Waals surface area contributed by atoms with E-state index in [-0.39, 0.29) is 33.0 Å². The van der Waals surface area contributed by atoms with Gasteiger partial charge >= 0.3 is 0 Å². The van der Waals surface area contributed by atoms with Gasteiger partial charge in [-0.25, -0.2) is 0 Å². The Hall–Kier alpha value is -2.62. The molecule has 1 saturated heterocycles. The molecule has 1 aliphatic rings. The molecule has 37 heavy (non-hydrogen) atoms. The van der Waals surface area contributed by atoms with Crippen molar-refractivity contribution in [2.45, 2.75) is 13.5 Å². The van der Waals surface area contributed by atoms with Crippen LogP contribution in [-0.2, 0) is 16.2 Å². The fraction of sp³-hybridized carbons (Fsp3) is 0.115. The third-order valence-corrected chi connectivity index (χ3v) is 7.30. The van der Waals surface area contributed by atoms with E-state index in [1.807, 2.05) is 25.1 Å². The highest BCUT2D eigenvalue weighted by Gasteiger charge is 2.35. The van der Waals surface area contributed by atoms with E-state index in [1.165, 1.54) is 6.08 Å². The molecule has 1 N–H and O–H groups in total. The van der Waals surface area contributed by atoms with Gasteiger partial charge < -0.3 is 9.47 Å². The number of nitrogens with one attached hydrogen (secondary N) is 1. The van der Waals surface area contributed by atoms with E-state index in [0.29, 0.717) is 33.2 Å². The van der Waals surface area contributed by atoms with Gasteiger partial charge in [0.15, 0.2) is 16.6 Å². The normalized spacial score (nSPS) is 14.7. The van der Waals surface area contributed by atoms with Crippen molar-refractivity contribution in [1.29, 1.82) is 0 Å².